The summed E-state index contributed by atoms with van der Waals surface area (Å²) in [7, 11) is 0. The van der Waals surface area contributed by atoms with E-state index in [1.54, 1.807) is 0 Å². The van der Waals surface area contributed by atoms with Crippen LogP contribution < -0.4 is 0 Å². The highest BCUT2D eigenvalue weighted by atomic mass is 16.5. The summed E-state index contributed by atoms with van der Waals surface area (Å²) in [5.41, 5.74) is 0.803. The van der Waals surface area contributed by atoms with E-state index in [1.165, 1.54) is 6.39 Å². The van der Waals surface area contributed by atoms with Crippen molar-refractivity contribution >= 4 is 0 Å². The van der Waals surface area contributed by atoms with Crippen LogP contribution in [0.5, 0.6) is 0 Å². The smallest absolute Gasteiger partial charge is 0.234 e. The van der Waals surface area contributed by atoms with Gasteiger partial charge in [-0.15, -0.1) is 0 Å². The van der Waals surface area contributed by atoms with E-state index >= 15 is 0 Å². The van der Waals surface area contributed by atoms with Crippen molar-refractivity contribution in [3.63, 3.8) is 0 Å². The van der Waals surface area contributed by atoms with E-state index in [2.05, 4.69) is 32.1 Å². The number of piperidine rings is 1. The molecule has 1 unspecified atom stereocenters. The van der Waals surface area contributed by atoms with Crippen LogP contribution in [0.25, 0.3) is 11.4 Å². The van der Waals surface area contributed by atoms with Crippen LogP contribution in [0.4, 0.5) is 0 Å². The molecule has 0 radical (unpaired) electrons. The molecule has 1 saturated heterocycles. The Morgan fingerprint density at radius 3 is 2.88 bits per heavy atom. The van der Waals surface area contributed by atoms with Crippen molar-refractivity contribution in [2.75, 3.05) is 13.1 Å². The highest BCUT2D eigenvalue weighted by Crippen LogP contribution is 2.34. The lowest BCUT2D eigenvalue weighted by atomic mass is 9.81. The molecule has 7 nitrogen and oxygen atoms in total. The topological polar surface area (TPSA) is 81.1 Å². The third-order valence-electron chi connectivity index (χ3n) is 4.52. The zero-order valence-corrected chi connectivity index (χ0v) is 13.6. The Bertz CT molecular complexity index is 786. The molecule has 3 aromatic rings. The van der Waals surface area contributed by atoms with Crippen molar-refractivity contribution in [2.24, 2.45) is 0 Å². The zero-order chi connectivity index (χ0) is 16.4. The summed E-state index contributed by atoms with van der Waals surface area (Å²) in [5, 5.41) is 8.06. The predicted octanol–water partition coefficient (Wildman–Crippen LogP) is 2.67. The summed E-state index contributed by atoms with van der Waals surface area (Å²) in [6.07, 6.45) is 3.45. The SMILES string of the molecule is CC1(c2nc(-c3ccccc3)no2)CCCN(Cc2ncon2)C1. The molecule has 1 fully saturated rings. The number of rotatable bonds is 4. The predicted molar refractivity (Wildman–Crippen MR) is 85.9 cm³/mol. The Morgan fingerprint density at radius 2 is 2.08 bits per heavy atom. The van der Waals surface area contributed by atoms with E-state index in [0.717, 1.165) is 31.5 Å². The van der Waals surface area contributed by atoms with E-state index in [-0.39, 0.29) is 5.41 Å². The maximum absolute atomic E-state index is 5.61. The minimum atomic E-state index is -0.165. The second-order valence-corrected chi connectivity index (χ2v) is 6.51. The fourth-order valence-corrected chi connectivity index (χ4v) is 3.29. The first-order valence-corrected chi connectivity index (χ1v) is 8.10. The second kappa shape index (κ2) is 6.16. The number of nitrogens with zero attached hydrogens (tertiary/aromatic N) is 5. The highest BCUT2D eigenvalue weighted by Gasteiger charge is 2.38. The van der Waals surface area contributed by atoms with Crippen molar-refractivity contribution in [1.29, 1.82) is 0 Å². The summed E-state index contributed by atoms with van der Waals surface area (Å²) < 4.78 is 10.4. The van der Waals surface area contributed by atoms with Crippen LogP contribution in [0.15, 0.2) is 45.8 Å². The fraction of sp³-hybridized carbons (Fsp3) is 0.412. The Kier molecular flexibility index (Phi) is 3.86. The summed E-state index contributed by atoms with van der Waals surface area (Å²) in [6, 6.07) is 9.89. The van der Waals surface area contributed by atoms with E-state index in [4.69, 9.17) is 9.05 Å². The number of hydrogen-bond acceptors (Lipinski definition) is 7. The summed E-state index contributed by atoms with van der Waals surface area (Å²) in [4.78, 5) is 11.1. The van der Waals surface area contributed by atoms with E-state index in [0.29, 0.717) is 24.1 Å². The summed E-state index contributed by atoms with van der Waals surface area (Å²) in [5.74, 6) is 2.04. The summed E-state index contributed by atoms with van der Waals surface area (Å²) in [6.45, 7) is 4.69. The molecule has 0 N–H and O–H groups in total. The molecule has 24 heavy (non-hydrogen) atoms. The van der Waals surface area contributed by atoms with Gasteiger partial charge in [-0.25, -0.2) is 0 Å². The van der Waals surface area contributed by atoms with Crippen molar-refractivity contribution in [1.82, 2.24) is 25.2 Å². The number of aromatic nitrogens is 4. The third-order valence-corrected chi connectivity index (χ3v) is 4.52. The van der Waals surface area contributed by atoms with Crippen molar-refractivity contribution < 1.29 is 9.05 Å². The highest BCUT2D eigenvalue weighted by molar-refractivity contribution is 5.53. The normalized spacial score (nSPS) is 21.9. The molecule has 124 valence electrons. The van der Waals surface area contributed by atoms with Gasteiger partial charge in [-0.3, -0.25) is 4.90 Å². The van der Waals surface area contributed by atoms with Gasteiger partial charge in [-0.1, -0.05) is 40.6 Å². The Labute approximate surface area is 139 Å². The molecule has 0 spiro atoms. The van der Waals surface area contributed by atoms with Gasteiger partial charge >= 0.3 is 0 Å². The van der Waals surface area contributed by atoms with Gasteiger partial charge in [0.25, 0.3) is 0 Å². The zero-order valence-electron chi connectivity index (χ0n) is 13.6. The third kappa shape index (κ3) is 2.94. The van der Waals surface area contributed by atoms with E-state index in [9.17, 15) is 0 Å². The largest absolute Gasteiger partial charge is 0.343 e. The molecule has 1 aliphatic heterocycles. The average molecular weight is 325 g/mol. The molecule has 0 amide bonds. The standard InChI is InChI=1S/C17H19N5O2/c1-17(8-5-9-22(11-17)10-14-18-12-23-20-14)16-19-15(21-24-16)13-6-3-2-4-7-13/h2-4,6-7,12H,5,8-11H2,1H3. The Hall–Kier alpha value is -2.54. The lowest BCUT2D eigenvalue weighted by molar-refractivity contribution is 0.121. The van der Waals surface area contributed by atoms with Gasteiger partial charge in [0.1, 0.15) is 0 Å². The first kappa shape index (κ1) is 15.0. The number of likely N-dealkylation sites (tertiary alicyclic amines) is 1. The molecule has 0 bridgehead atoms. The minimum Gasteiger partial charge on any atom is -0.343 e. The van der Waals surface area contributed by atoms with Crippen molar-refractivity contribution in [3.05, 3.63) is 48.4 Å². The van der Waals surface area contributed by atoms with Crippen LogP contribution in [0.3, 0.4) is 0 Å². The van der Waals surface area contributed by atoms with Gasteiger partial charge in [-0.2, -0.15) is 9.97 Å². The second-order valence-electron chi connectivity index (χ2n) is 6.51. The number of hydrogen-bond donors (Lipinski definition) is 0. The molecule has 1 aromatic carbocycles. The number of benzene rings is 1. The molecule has 0 aliphatic carbocycles. The van der Waals surface area contributed by atoms with E-state index < -0.39 is 0 Å². The van der Waals surface area contributed by atoms with Crippen LogP contribution >= 0.6 is 0 Å². The molecule has 1 aliphatic rings. The molecule has 2 aromatic heterocycles. The van der Waals surface area contributed by atoms with Gasteiger partial charge in [0.2, 0.25) is 18.1 Å². The van der Waals surface area contributed by atoms with Gasteiger partial charge < -0.3 is 9.05 Å². The van der Waals surface area contributed by atoms with Gasteiger partial charge in [0, 0.05) is 12.1 Å². The maximum Gasteiger partial charge on any atom is 0.234 e. The lowest BCUT2D eigenvalue weighted by Gasteiger charge is -2.37. The van der Waals surface area contributed by atoms with Gasteiger partial charge in [0.15, 0.2) is 5.82 Å². The molecular weight excluding hydrogens is 306 g/mol. The molecule has 3 heterocycles. The first-order chi connectivity index (χ1) is 11.7. The monoisotopic (exact) mass is 325 g/mol. The van der Waals surface area contributed by atoms with Crippen LogP contribution in [-0.2, 0) is 12.0 Å². The van der Waals surface area contributed by atoms with E-state index in [1.807, 2.05) is 30.3 Å². The molecule has 7 heteroatoms. The molecular formula is C17H19N5O2. The Morgan fingerprint density at radius 1 is 1.21 bits per heavy atom. The fourth-order valence-electron chi connectivity index (χ4n) is 3.29. The summed E-state index contributed by atoms with van der Waals surface area (Å²) >= 11 is 0. The molecule has 0 saturated carbocycles. The van der Waals surface area contributed by atoms with Crippen LogP contribution in [0.1, 0.15) is 31.5 Å². The van der Waals surface area contributed by atoms with Crippen LogP contribution in [-0.4, -0.2) is 38.3 Å². The van der Waals surface area contributed by atoms with Crippen LogP contribution in [0, 0.1) is 0 Å². The van der Waals surface area contributed by atoms with Gasteiger partial charge in [0.05, 0.1) is 12.0 Å². The van der Waals surface area contributed by atoms with Crippen LogP contribution in [0.2, 0.25) is 0 Å². The van der Waals surface area contributed by atoms with Crippen molar-refractivity contribution in [3.8, 4) is 11.4 Å². The van der Waals surface area contributed by atoms with Gasteiger partial charge in [-0.05, 0) is 26.3 Å². The maximum atomic E-state index is 5.61. The first-order valence-electron chi connectivity index (χ1n) is 8.10. The molecule has 4 rings (SSSR count). The average Bonchev–Trinajstić information content (AvgIpc) is 3.28. The van der Waals surface area contributed by atoms with Crippen molar-refractivity contribution in [2.45, 2.75) is 31.7 Å². The Balaban J connectivity index is 1.53. The minimum absolute atomic E-state index is 0.165. The quantitative estimate of drug-likeness (QED) is 0.729. The molecule has 1 atom stereocenters. The lowest BCUT2D eigenvalue weighted by Crippen LogP contribution is -2.44.